The Hall–Kier alpha value is 0.0200. The summed E-state index contributed by atoms with van der Waals surface area (Å²) in [6, 6.07) is 0. The fraction of sp³-hybridized carbons (Fsp3) is 1.00. The maximum absolute atomic E-state index is 11.8. The van der Waals surface area contributed by atoms with Gasteiger partial charge in [0.25, 0.3) is 0 Å². The van der Waals surface area contributed by atoms with Crippen molar-refractivity contribution in [2.24, 2.45) is 0 Å². The largest absolute Gasteiger partial charge is 0.441 e. The highest BCUT2D eigenvalue weighted by Crippen LogP contribution is 2.29. The van der Waals surface area contributed by atoms with Crippen LogP contribution in [-0.4, -0.2) is 48.3 Å². The van der Waals surface area contributed by atoms with Crippen LogP contribution in [-0.2, 0) is 4.74 Å². The number of thioether (sulfide) groups is 1. The van der Waals surface area contributed by atoms with Crippen LogP contribution in [0.2, 0.25) is 0 Å². The summed E-state index contributed by atoms with van der Waals surface area (Å²) in [6.45, 7) is 0.750. The average molecular weight is 287 g/mol. The molecule has 1 unspecified atom stereocenters. The third-order valence-electron chi connectivity index (χ3n) is 2.75. The second-order valence-corrected chi connectivity index (χ2v) is 5.55. The maximum Gasteiger partial charge on any atom is 0.441 e. The standard InChI is InChI=1S/C11H20F3NO2S/c12-11(13,14)18-6-5-15-7-9(16)8-17-10-3-1-2-4-10/h9-10,15-16H,1-8H2. The van der Waals surface area contributed by atoms with Crippen LogP contribution in [0.1, 0.15) is 25.7 Å². The minimum atomic E-state index is -4.17. The van der Waals surface area contributed by atoms with Gasteiger partial charge in [-0.25, -0.2) is 0 Å². The number of hydrogen-bond acceptors (Lipinski definition) is 4. The lowest BCUT2D eigenvalue weighted by Crippen LogP contribution is -2.33. The predicted molar refractivity (Wildman–Crippen MR) is 65.6 cm³/mol. The van der Waals surface area contributed by atoms with Crippen LogP contribution in [0, 0.1) is 0 Å². The Kier molecular flexibility index (Phi) is 7.36. The molecule has 1 saturated carbocycles. The molecule has 0 radical (unpaired) electrons. The molecule has 1 rings (SSSR count). The van der Waals surface area contributed by atoms with E-state index in [1.165, 1.54) is 12.8 Å². The molecule has 0 saturated heterocycles. The zero-order valence-electron chi connectivity index (χ0n) is 10.2. The van der Waals surface area contributed by atoms with E-state index in [-0.39, 0.29) is 43.3 Å². The van der Waals surface area contributed by atoms with E-state index >= 15 is 0 Å². The van der Waals surface area contributed by atoms with E-state index in [0.29, 0.717) is 0 Å². The molecule has 0 aromatic rings. The van der Waals surface area contributed by atoms with E-state index in [4.69, 9.17) is 4.74 Å². The van der Waals surface area contributed by atoms with Gasteiger partial charge in [-0.1, -0.05) is 12.8 Å². The molecule has 0 aromatic heterocycles. The fourth-order valence-corrected chi connectivity index (χ4v) is 2.35. The van der Waals surface area contributed by atoms with Crippen LogP contribution in [0.15, 0.2) is 0 Å². The third-order valence-corrected chi connectivity index (χ3v) is 3.49. The smallest absolute Gasteiger partial charge is 0.389 e. The van der Waals surface area contributed by atoms with Crippen molar-refractivity contribution in [1.29, 1.82) is 0 Å². The van der Waals surface area contributed by atoms with Crippen LogP contribution < -0.4 is 5.32 Å². The van der Waals surface area contributed by atoms with Crippen LogP contribution in [0.4, 0.5) is 13.2 Å². The van der Waals surface area contributed by atoms with Gasteiger partial charge in [-0.15, -0.1) is 0 Å². The van der Waals surface area contributed by atoms with Gasteiger partial charge in [-0.2, -0.15) is 13.2 Å². The second kappa shape index (κ2) is 8.24. The van der Waals surface area contributed by atoms with Gasteiger partial charge in [0, 0.05) is 18.8 Å². The molecule has 108 valence electrons. The van der Waals surface area contributed by atoms with Crippen LogP contribution in [0.5, 0.6) is 0 Å². The van der Waals surface area contributed by atoms with Gasteiger partial charge < -0.3 is 15.2 Å². The Morgan fingerprint density at radius 3 is 2.61 bits per heavy atom. The van der Waals surface area contributed by atoms with Crippen molar-refractivity contribution >= 4 is 11.8 Å². The lowest BCUT2D eigenvalue weighted by atomic mass is 10.3. The monoisotopic (exact) mass is 287 g/mol. The van der Waals surface area contributed by atoms with Crippen LogP contribution >= 0.6 is 11.8 Å². The number of nitrogens with one attached hydrogen (secondary N) is 1. The first-order valence-electron chi connectivity index (χ1n) is 6.18. The van der Waals surface area contributed by atoms with E-state index in [2.05, 4.69) is 5.32 Å². The highest BCUT2D eigenvalue weighted by Gasteiger charge is 2.27. The van der Waals surface area contributed by atoms with Crippen molar-refractivity contribution in [3.8, 4) is 0 Å². The molecule has 18 heavy (non-hydrogen) atoms. The van der Waals surface area contributed by atoms with E-state index in [0.717, 1.165) is 12.8 Å². The zero-order chi connectivity index (χ0) is 13.4. The first-order chi connectivity index (χ1) is 8.47. The SMILES string of the molecule is OC(CNCCSC(F)(F)F)COC1CCCC1. The molecule has 0 aliphatic heterocycles. The summed E-state index contributed by atoms with van der Waals surface area (Å²) in [6.07, 6.45) is 4.04. The number of alkyl halides is 3. The van der Waals surface area contributed by atoms with E-state index in [1.54, 1.807) is 0 Å². The summed E-state index contributed by atoms with van der Waals surface area (Å²) in [7, 11) is 0. The summed E-state index contributed by atoms with van der Waals surface area (Å²) in [5.74, 6) is -0.0420. The lowest BCUT2D eigenvalue weighted by molar-refractivity contribution is -0.0327. The molecule has 2 N–H and O–H groups in total. The highest BCUT2D eigenvalue weighted by atomic mass is 32.2. The van der Waals surface area contributed by atoms with Gasteiger partial charge >= 0.3 is 5.51 Å². The molecule has 7 heteroatoms. The molecule has 1 aliphatic carbocycles. The van der Waals surface area contributed by atoms with Crippen molar-refractivity contribution in [2.45, 2.75) is 43.4 Å². The van der Waals surface area contributed by atoms with Crippen LogP contribution in [0.25, 0.3) is 0 Å². The number of halogens is 3. The van der Waals surface area contributed by atoms with Crippen molar-refractivity contribution in [3.05, 3.63) is 0 Å². The molecular formula is C11H20F3NO2S. The molecule has 1 fully saturated rings. The Morgan fingerprint density at radius 2 is 2.00 bits per heavy atom. The summed E-state index contributed by atoms with van der Waals surface area (Å²) in [5.41, 5.74) is -4.17. The van der Waals surface area contributed by atoms with Gasteiger partial charge in [0.05, 0.1) is 18.8 Å². The summed E-state index contributed by atoms with van der Waals surface area (Å²) in [5, 5.41) is 12.3. The third kappa shape index (κ3) is 8.18. The van der Waals surface area contributed by atoms with Gasteiger partial charge in [0.1, 0.15) is 0 Å². The Bertz CT molecular complexity index is 223. The second-order valence-electron chi connectivity index (χ2n) is 4.39. The van der Waals surface area contributed by atoms with Crippen molar-refractivity contribution in [3.63, 3.8) is 0 Å². The molecule has 0 aromatic carbocycles. The molecule has 0 bridgehead atoms. The molecule has 0 amide bonds. The summed E-state index contributed by atoms with van der Waals surface area (Å²) >= 11 is -0.0564. The minimum absolute atomic E-state index is 0.0420. The Morgan fingerprint density at radius 1 is 1.33 bits per heavy atom. The quantitative estimate of drug-likeness (QED) is 0.671. The maximum atomic E-state index is 11.8. The zero-order valence-corrected chi connectivity index (χ0v) is 11.0. The van der Waals surface area contributed by atoms with Crippen molar-refractivity contribution in [1.82, 2.24) is 5.32 Å². The van der Waals surface area contributed by atoms with Gasteiger partial charge in [0.2, 0.25) is 0 Å². The Labute approximate surface area is 109 Å². The van der Waals surface area contributed by atoms with Crippen LogP contribution in [0.3, 0.4) is 0 Å². The number of hydrogen-bond donors (Lipinski definition) is 2. The molecule has 0 spiro atoms. The molecule has 1 atom stereocenters. The van der Waals surface area contributed by atoms with Crippen molar-refractivity contribution < 1.29 is 23.0 Å². The summed E-state index contributed by atoms with van der Waals surface area (Å²) in [4.78, 5) is 0. The molecular weight excluding hydrogens is 267 g/mol. The fourth-order valence-electron chi connectivity index (χ4n) is 1.87. The first-order valence-corrected chi connectivity index (χ1v) is 7.17. The average Bonchev–Trinajstić information content (AvgIpc) is 2.77. The number of aliphatic hydroxyl groups is 1. The molecule has 3 nitrogen and oxygen atoms in total. The van der Waals surface area contributed by atoms with Gasteiger partial charge in [-0.05, 0) is 24.6 Å². The molecule has 1 aliphatic rings. The topological polar surface area (TPSA) is 41.5 Å². The normalized spacial score (nSPS) is 19.3. The van der Waals surface area contributed by atoms with Crippen molar-refractivity contribution in [2.75, 3.05) is 25.4 Å². The highest BCUT2D eigenvalue weighted by molar-refractivity contribution is 8.00. The first kappa shape index (κ1) is 16.1. The van der Waals surface area contributed by atoms with E-state index < -0.39 is 11.6 Å². The Balaban J connectivity index is 1.91. The van der Waals surface area contributed by atoms with E-state index in [9.17, 15) is 18.3 Å². The minimum Gasteiger partial charge on any atom is -0.389 e. The number of aliphatic hydroxyl groups excluding tert-OH is 1. The van der Waals surface area contributed by atoms with Gasteiger partial charge in [-0.3, -0.25) is 0 Å². The predicted octanol–water partition coefficient (Wildman–Crippen LogP) is 2.15. The van der Waals surface area contributed by atoms with Gasteiger partial charge in [0.15, 0.2) is 0 Å². The number of rotatable bonds is 8. The van der Waals surface area contributed by atoms with E-state index in [1.807, 2.05) is 0 Å². The lowest BCUT2D eigenvalue weighted by Gasteiger charge is -2.16. The number of ether oxygens (including phenoxy) is 1. The summed E-state index contributed by atoms with van der Waals surface area (Å²) < 4.78 is 40.9. The molecule has 0 heterocycles.